The fourth-order valence-corrected chi connectivity index (χ4v) is 9.14. The van der Waals surface area contributed by atoms with Gasteiger partial charge in [-0.05, 0) is 109 Å². The molecule has 8 aromatic rings. The summed E-state index contributed by atoms with van der Waals surface area (Å²) in [7, 11) is 0. The normalized spacial score (nSPS) is 14.4. The lowest BCUT2D eigenvalue weighted by molar-refractivity contribution is 0.660. The maximum atomic E-state index is 9.52. The summed E-state index contributed by atoms with van der Waals surface area (Å²) in [5, 5.41) is 12.9. The van der Waals surface area contributed by atoms with Crippen LogP contribution in [-0.2, 0) is 10.8 Å². The van der Waals surface area contributed by atoms with Gasteiger partial charge in [0, 0.05) is 27.2 Å². The molecule has 0 bridgehead atoms. The fourth-order valence-electron chi connectivity index (χ4n) is 9.14. The molecular weight excluding hydrogens is 629 g/mol. The van der Waals surface area contributed by atoms with E-state index >= 15 is 0 Å². The van der Waals surface area contributed by atoms with Gasteiger partial charge in [0.05, 0.1) is 22.8 Å². The first-order valence-corrected chi connectivity index (χ1v) is 18.1. The van der Waals surface area contributed by atoms with Crippen LogP contribution in [0.25, 0.3) is 77.4 Å². The van der Waals surface area contributed by atoms with Crippen LogP contribution in [0.3, 0.4) is 0 Å². The number of nitrogens with zero attached hydrogens (tertiary/aromatic N) is 2. The van der Waals surface area contributed by atoms with E-state index in [2.05, 4.69) is 167 Å². The van der Waals surface area contributed by atoms with Crippen molar-refractivity contribution in [2.24, 2.45) is 0 Å². The van der Waals surface area contributed by atoms with Crippen molar-refractivity contribution in [1.29, 1.82) is 5.26 Å². The largest absolute Gasteiger partial charge is 0.247 e. The lowest BCUT2D eigenvalue weighted by Gasteiger charge is -2.23. The smallest absolute Gasteiger partial charge is 0.0991 e. The molecule has 2 nitrogen and oxygen atoms in total. The van der Waals surface area contributed by atoms with Gasteiger partial charge in [-0.25, -0.2) is 4.98 Å². The van der Waals surface area contributed by atoms with Gasteiger partial charge in [-0.1, -0.05) is 137 Å². The predicted molar refractivity (Wildman–Crippen MR) is 215 cm³/mol. The van der Waals surface area contributed by atoms with Gasteiger partial charge in [-0.3, -0.25) is 0 Å². The summed E-state index contributed by atoms with van der Waals surface area (Å²) in [5.41, 5.74) is 18.8. The Kier molecular flexibility index (Phi) is 6.37. The van der Waals surface area contributed by atoms with Gasteiger partial charge in [0.15, 0.2) is 0 Å². The van der Waals surface area contributed by atoms with Crippen LogP contribution in [0.2, 0.25) is 0 Å². The van der Waals surface area contributed by atoms with Crippen molar-refractivity contribution in [3.63, 3.8) is 0 Å². The van der Waals surface area contributed by atoms with Crippen molar-refractivity contribution in [2.75, 3.05) is 0 Å². The van der Waals surface area contributed by atoms with Gasteiger partial charge < -0.3 is 0 Å². The third-order valence-electron chi connectivity index (χ3n) is 11.9. The number of hydrogen-bond donors (Lipinski definition) is 0. The summed E-state index contributed by atoms with van der Waals surface area (Å²) in [5.74, 6) is 0. The standard InChI is InChI=1S/C50H36N2/c1-49(2)43-15-9-7-12-35(43)37-23-21-32(25-45(37)49)41-28-47(33-22-24-38-36-13-8-10-16-44(36)50(3,4)46(38)26-33)52-48-39-14-6-5-11-34(39)40(27-42(41)48)31-19-17-30(29-51)18-20-31/h5-28H,1-4H3. The van der Waals surface area contributed by atoms with E-state index in [9.17, 15) is 5.26 Å². The molecule has 1 aromatic heterocycles. The second-order valence-electron chi connectivity index (χ2n) is 15.5. The molecule has 1 heterocycles. The number of fused-ring (bicyclic) bond motifs is 9. The van der Waals surface area contributed by atoms with Gasteiger partial charge in [-0.2, -0.15) is 5.26 Å². The van der Waals surface area contributed by atoms with E-state index in [1.165, 1.54) is 55.6 Å². The molecule has 52 heavy (non-hydrogen) atoms. The Morgan fingerprint density at radius 3 is 1.56 bits per heavy atom. The number of rotatable bonds is 3. The Balaban J connectivity index is 1.25. The number of nitriles is 1. The molecule has 2 aliphatic carbocycles. The zero-order chi connectivity index (χ0) is 35.4. The van der Waals surface area contributed by atoms with E-state index < -0.39 is 0 Å². The van der Waals surface area contributed by atoms with Crippen molar-refractivity contribution in [3.8, 4) is 61.8 Å². The van der Waals surface area contributed by atoms with E-state index in [-0.39, 0.29) is 10.8 Å². The van der Waals surface area contributed by atoms with Crippen molar-refractivity contribution in [1.82, 2.24) is 4.98 Å². The summed E-state index contributed by atoms with van der Waals surface area (Å²) < 4.78 is 0. The SMILES string of the molecule is CC1(C)c2ccccc2-c2ccc(-c3cc(-c4ccc5c(c4)C(C)(C)c4ccccc4-5)c4cc(-c5ccc(C#N)cc5)c5ccccc5c4n3)cc21. The second kappa shape index (κ2) is 10.8. The van der Waals surface area contributed by atoms with Gasteiger partial charge >= 0.3 is 0 Å². The molecule has 0 fully saturated rings. The predicted octanol–water partition coefficient (Wildman–Crippen LogP) is 12.9. The molecule has 0 atom stereocenters. The van der Waals surface area contributed by atoms with Crippen LogP contribution in [0.4, 0.5) is 0 Å². The van der Waals surface area contributed by atoms with Crippen LogP contribution < -0.4 is 0 Å². The van der Waals surface area contributed by atoms with Crippen LogP contribution >= 0.6 is 0 Å². The topological polar surface area (TPSA) is 36.7 Å². The molecule has 2 aliphatic rings. The van der Waals surface area contributed by atoms with Crippen molar-refractivity contribution in [3.05, 3.63) is 173 Å². The number of aromatic nitrogens is 1. The first-order chi connectivity index (χ1) is 25.2. The lowest BCUT2D eigenvalue weighted by Crippen LogP contribution is -2.15. The minimum atomic E-state index is -0.117. The third kappa shape index (κ3) is 4.26. The van der Waals surface area contributed by atoms with Crippen molar-refractivity contribution in [2.45, 2.75) is 38.5 Å². The molecule has 0 saturated heterocycles. The summed E-state index contributed by atoms with van der Waals surface area (Å²) in [4.78, 5) is 5.53. The van der Waals surface area contributed by atoms with Gasteiger partial charge in [0.25, 0.3) is 0 Å². The van der Waals surface area contributed by atoms with E-state index in [0.29, 0.717) is 5.56 Å². The summed E-state index contributed by atoms with van der Waals surface area (Å²) >= 11 is 0. The molecule has 0 radical (unpaired) electrons. The second-order valence-corrected chi connectivity index (χ2v) is 15.5. The molecular formula is C50H36N2. The molecule has 0 amide bonds. The van der Waals surface area contributed by atoms with Gasteiger partial charge in [-0.15, -0.1) is 0 Å². The zero-order valence-corrected chi connectivity index (χ0v) is 29.8. The van der Waals surface area contributed by atoms with Crippen molar-refractivity contribution < 1.29 is 0 Å². The fraction of sp³-hybridized carbons (Fsp3) is 0.120. The Hall–Kier alpha value is -6.30. The Morgan fingerprint density at radius 2 is 0.923 bits per heavy atom. The molecule has 10 rings (SSSR count). The maximum absolute atomic E-state index is 9.52. The number of pyridine rings is 1. The highest BCUT2D eigenvalue weighted by molar-refractivity contribution is 6.16. The average Bonchev–Trinajstić information content (AvgIpc) is 3.56. The van der Waals surface area contributed by atoms with Crippen LogP contribution in [0.5, 0.6) is 0 Å². The Bertz CT molecular complexity index is 2850. The third-order valence-corrected chi connectivity index (χ3v) is 11.9. The van der Waals surface area contributed by atoms with E-state index in [1.807, 2.05) is 12.1 Å². The highest BCUT2D eigenvalue weighted by Gasteiger charge is 2.37. The molecule has 0 aliphatic heterocycles. The molecule has 2 heteroatoms. The maximum Gasteiger partial charge on any atom is 0.0991 e. The Labute approximate surface area is 304 Å². The quantitative estimate of drug-likeness (QED) is 0.176. The molecule has 0 unspecified atom stereocenters. The number of benzene rings is 7. The van der Waals surface area contributed by atoms with Crippen LogP contribution in [0, 0.1) is 11.3 Å². The molecule has 7 aromatic carbocycles. The minimum Gasteiger partial charge on any atom is -0.247 e. The molecule has 0 N–H and O–H groups in total. The van der Waals surface area contributed by atoms with E-state index in [1.54, 1.807) is 0 Å². The minimum absolute atomic E-state index is 0.106. The molecule has 0 spiro atoms. The van der Waals surface area contributed by atoms with Gasteiger partial charge in [0.2, 0.25) is 0 Å². The summed E-state index contributed by atoms with van der Waals surface area (Å²) in [6.07, 6.45) is 0. The van der Waals surface area contributed by atoms with Crippen LogP contribution in [0.15, 0.2) is 146 Å². The number of hydrogen-bond acceptors (Lipinski definition) is 2. The molecule has 246 valence electrons. The highest BCUT2D eigenvalue weighted by Crippen LogP contribution is 2.52. The van der Waals surface area contributed by atoms with E-state index in [0.717, 1.165) is 44.1 Å². The average molecular weight is 665 g/mol. The highest BCUT2D eigenvalue weighted by atomic mass is 14.7. The van der Waals surface area contributed by atoms with Crippen LogP contribution in [0.1, 0.15) is 55.5 Å². The van der Waals surface area contributed by atoms with Crippen LogP contribution in [-0.4, -0.2) is 4.98 Å². The monoisotopic (exact) mass is 664 g/mol. The van der Waals surface area contributed by atoms with Gasteiger partial charge in [0.1, 0.15) is 0 Å². The van der Waals surface area contributed by atoms with E-state index in [4.69, 9.17) is 4.98 Å². The first-order valence-electron chi connectivity index (χ1n) is 18.1. The molecule has 0 saturated carbocycles. The van der Waals surface area contributed by atoms with Crippen molar-refractivity contribution >= 4 is 21.7 Å². The first kappa shape index (κ1) is 30.5. The summed E-state index contributed by atoms with van der Waals surface area (Å²) in [6, 6.07) is 55.1. The Morgan fingerprint density at radius 1 is 0.423 bits per heavy atom. The zero-order valence-electron chi connectivity index (χ0n) is 29.8. The lowest BCUT2D eigenvalue weighted by atomic mass is 9.81. The summed E-state index contributed by atoms with van der Waals surface area (Å²) in [6.45, 7) is 9.36.